The van der Waals surface area contributed by atoms with Gasteiger partial charge in [0.2, 0.25) is 0 Å². The highest BCUT2D eigenvalue weighted by Crippen LogP contribution is 2.10. The molecule has 0 heterocycles. The topological polar surface area (TPSA) is 29.1 Å². The Bertz CT molecular complexity index is 458. The summed E-state index contributed by atoms with van der Waals surface area (Å²) in [6, 6.07) is 7.22. The highest BCUT2D eigenvalue weighted by molar-refractivity contribution is 9.10. The van der Waals surface area contributed by atoms with E-state index < -0.39 is 0 Å². The molecule has 0 aliphatic heterocycles. The summed E-state index contributed by atoms with van der Waals surface area (Å²) in [6.45, 7) is 9.40. The molecule has 0 bridgehead atoms. The Morgan fingerprint density at radius 3 is 2.32 bits per heavy atom. The van der Waals surface area contributed by atoms with Gasteiger partial charge in [-0.25, -0.2) is 0 Å². The first-order valence-corrected chi connectivity index (χ1v) is 6.95. The average molecular weight is 322 g/mol. The van der Waals surface area contributed by atoms with E-state index in [1.54, 1.807) is 24.3 Å². The van der Waals surface area contributed by atoms with Crippen LogP contribution in [-0.2, 0) is 0 Å². The molecule has 3 heteroatoms. The summed E-state index contributed by atoms with van der Waals surface area (Å²) in [5.41, 5.74) is 1.42. The Hall–Kier alpha value is -1.61. The van der Waals surface area contributed by atoms with Crippen molar-refractivity contribution in [1.29, 1.82) is 0 Å². The van der Waals surface area contributed by atoms with Gasteiger partial charge < -0.3 is 5.32 Å². The van der Waals surface area contributed by atoms with Gasteiger partial charge in [0.1, 0.15) is 0 Å². The molecule has 0 radical (unpaired) electrons. The lowest BCUT2D eigenvalue weighted by Crippen LogP contribution is -2.21. The fourth-order valence-electron chi connectivity index (χ4n) is 1.17. The molecule has 0 fully saturated rings. The summed E-state index contributed by atoms with van der Waals surface area (Å²) in [6.07, 6.45) is 7.12. The smallest absolute Gasteiger partial charge is 0.255 e. The van der Waals surface area contributed by atoms with E-state index in [0.717, 1.165) is 10.2 Å². The van der Waals surface area contributed by atoms with Crippen molar-refractivity contribution >= 4 is 21.8 Å². The van der Waals surface area contributed by atoms with E-state index in [1.165, 1.54) is 0 Å². The number of benzene rings is 1. The molecule has 0 atom stereocenters. The van der Waals surface area contributed by atoms with Crippen LogP contribution in [0, 0.1) is 0 Å². The van der Waals surface area contributed by atoms with Gasteiger partial charge in [0.25, 0.3) is 5.91 Å². The summed E-state index contributed by atoms with van der Waals surface area (Å²) >= 11 is 3.33. The van der Waals surface area contributed by atoms with Gasteiger partial charge >= 0.3 is 0 Å². The van der Waals surface area contributed by atoms with Gasteiger partial charge in [-0.2, -0.15) is 0 Å². The van der Waals surface area contributed by atoms with Crippen LogP contribution in [0.5, 0.6) is 0 Å². The molecule has 0 aliphatic carbocycles. The first-order chi connectivity index (χ1) is 9.13. The summed E-state index contributed by atoms with van der Waals surface area (Å²) in [4.78, 5) is 11.8. The molecule has 0 unspecified atom stereocenters. The summed E-state index contributed by atoms with van der Waals surface area (Å²) in [5.74, 6) is -0.113. The third-order valence-electron chi connectivity index (χ3n) is 2.01. The predicted molar refractivity (Wildman–Crippen MR) is 86.1 cm³/mol. The maximum absolute atomic E-state index is 11.8. The zero-order valence-corrected chi connectivity index (χ0v) is 13.2. The van der Waals surface area contributed by atoms with E-state index >= 15 is 0 Å². The summed E-state index contributed by atoms with van der Waals surface area (Å²) in [5, 5.41) is 2.80. The Kier molecular flexibility index (Phi) is 9.45. The average Bonchev–Trinajstić information content (AvgIpc) is 2.42. The maximum atomic E-state index is 11.8. The first-order valence-electron chi connectivity index (χ1n) is 6.16. The zero-order chi connectivity index (χ0) is 14.7. The second kappa shape index (κ2) is 10.3. The minimum Gasteiger partial charge on any atom is -0.326 e. The van der Waals surface area contributed by atoms with Gasteiger partial charge in [0.15, 0.2) is 0 Å². The molecular weight excluding hydrogens is 302 g/mol. The monoisotopic (exact) mass is 321 g/mol. The molecule has 1 rings (SSSR count). The SMILES string of the molecule is C=C/C=C\C=C(/C)NC(=O)c1ccc(Br)cc1.CC. The molecule has 1 aromatic carbocycles. The molecule has 0 spiro atoms. The zero-order valence-electron chi connectivity index (χ0n) is 11.6. The van der Waals surface area contributed by atoms with Crippen LogP contribution in [0.15, 0.2) is 65.3 Å². The van der Waals surface area contributed by atoms with Crippen LogP contribution < -0.4 is 5.32 Å². The van der Waals surface area contributed by atoms with Gasteiger partial charge in [-0.15, -0.1) is 0 Å². The second-order valence-corrected chi connectivity index (χ2v) is 4.35. The number of nitrogens with one attached hydrogen (secondary N) is 1. The van der Waals surface area contributed by atoms with Gasteiger partial charge in [-0.1, -0.05) is 54.6 Å². The number of carbonyl (C=O) groups is 1. The highest BCUT2D eigenvalue weighted by Gasteiger charge is 2.04. The molecule has 0 saturated carbocycles. The van der Waals surface area contributed by atoms with Gasteiger partial charge in [0.05, 0.1) is 0 Å². The van der Waals surface area contributed by atoms with Crippen LogP contribution in [-0.4, -0.2) is 5.91 Å². The van der Waals surface area contributed by atoms with Crippen molar-refractivity contribution in [2.45, 2.75) is 20.8 Å². The minimum atomic E-state index is -0.113. The molecule has 0 saturated heterocycles. The van der Waals surface area contributed by atoms with Crippen molar-refractivity contribution in [3.05, 3.63) is 70.9 Å². The van der Waals surface area contributed by atoms with Gasteiger partial charge in [-0.3, -0.25) is 4.79 Å². The molecule has 19 heavy (non-hydrogen) atoms. The van der Waals surface area contributed by atoms with Gasteiger partial charge in [-0.05, 0) is 37.3 Å². The lowest BCUT2D eigenvalue weighted by molar-refractivity contribution is 0.0966. The summed E-state index contributed by atoms with van der Waals surface area (Å²) in [7, 11) is 0. The van der Waals surface area contributed by atoms with Crippen LogP contribution in [0.1, 0.15) is 31.1 Å². The van der Waals surface area contributed by atoms with Crippen LogP contribution in [0.2, 0.25) is 0 Å². The van der Waals surface area contributed by atoms with Crippen molar-refractivity contribution in [2.75, 3.05) is 0 Å². The normalized spacial score (nSPS) is 10.6. The van der Waals surface area contributed by atoms with E-state index in [-0.39, 0.29) is 5.91 Å². The van der Waals surface area contributed by atoms with E-state index in [0.29, 0.717) is 5.56 Å². The number of carbonyl (C=O) groups excluding carboxylic acids is 1. The van der Waals surface area contributed by atoms with Crippen LogP contribution >= 0.6 is 15.9 Å². The quantitative estimate of drug-likeness (QED) is 0.789. The first kappa shape index (κ1) is 17.4. The second-order valence-electron chi connectivity index (χ2n) is 3.43. The molecule has 1 aromatic rings. The highest BCUT2D eigenvalue weighted by atomic mass is 79.9. The van der Waals surface area contributed by atoms with E-state index in [2.05, 4.69) is 27.8 Å². The molecule has 102 valence electrons. The largest absolute Gasteiger partial charge is 0.326 e. The fourth-order valence-corrected chi connectivity index (χ4v) is 1.44. The standard InChI is InChI=1S/C14H14BrNO.C2H6/c1-3-4-5-6-11(2)16-14(17)12-7-9-13(15)10-8-12;1-2/h3-10H,1H2,2H3,(H,16,17);1-2H3/b5-4-,11-6+;. The number of allylic oxidation sites excluding steroid dienone is 5. The predicted octanol–water partition coefficient (Wildman–Crippen LogP) is 4.85. The van der Waals surface area contributed by atoms with Crippen LogP contribution in [0.3, 0.4) is 0 Å². The lowest BCUT2D eigenvalue weighted by atomic mass is 10.2. The van der Waals surface area contributed by atoms with Gasteiger partial charge in [0, 0.05) is 15.7 Å². The van der Waals surface area contributed by atoms with Crippen molar-refractivity contribution in [2.24, 2.45) is 0 Å². The van der Waals surface area contributed by atoms with E-state index in [1.807, 2.05) is 45.1 Å². The molecule has 1 N–H and O–H groups in total. The molecular formula is C16H20BrNO. The molecule has 0 aliphatic rings. The fraction of sp³-hybridized carbons (Fsp3) is 0.188. The number of amides is 1. The summed E-state index contributed by atoms with van der Waals surface area (Å²) < 4.78 is 0.954. The molecule has 0 aromatic heterocycles. The number of hydrogen-bond acceptors (Lipinski definition) is 1. The Balaban J connectivity index is 0.00000154. The van der Waals surface area contributed by atoms with Crippen molar-refractivity contribution in [3.8, 4) is 0 Å². The van der Waals surface area contributed by atoms with E-state index in [9.17, 15) is 4.79 Å². The number of rotatable bonds is 4. The number of halogens is 1. The lowest BCUT2D eigenvalue weighted by Gasteiger charge is -2.04. The van der Waals surface area contributed by atoms with Crippen molar-refractivity contribution in [3.63, 3.8) is 0 Å². The van der Waals surface area contributed by atoms with Crippen LogP contribution in [0.25, 0.3) is 0 Å². The van der Waals surface area contributed by atoms with Crippen molar-refractivity contribution in [1.82, 2.24) is 5.32 Å². The molecule has 2 nitrogen and oxygen atoms in total. The Morgan fingerprint density at radius 1 is 1.21 bits per heavy atom. The molecule has 1 amide bonds. The minimum absolute atomic E-state index is 0.113. The third kappa shape index (κ3) is 7.42. The maximum Gasteiger partial charge on any atom is 0.255 e. The number of hydrogen-bond donors (Lipinski definition) is 1. The van der Waals surface area contributed by atoms with Crippen molar-refractivity contribution < 1.29 is 4.79 Å². The third-order valence-corrected chi connectivity index (χ3v) is 2.54. The Labute approximate surface area is 124 Å². The Morgan fingerprint density at radius 2 is 1.79 bits per heavy atom. The van der Waals surface area contributed by atoms with E-state index in [4.69, 9.17) is 0 Å². The van der Waals surface area contributed by atoms with Crippen LogP contribution in [0.4, 0.5) is 0 Å².